The highest BCUT2D eigenvalue weighted by atomic mass is 16.3. The number of rotatable bonds is 4. The minimum atomic E-state index is -0.621. The molecule has 4 saturated carbocycles. The number of benzene rings is 1. The van der Waals surface area contributed by atoms with E-state index in [0.29, 0.717) is 30.6 Å². The molecule has 3 nitrogen and oxygen atoms in total. The first-order valence-corrected chi connectivity index (χ1v) is 16.7. The van der Waals surface area contributed by atoms with Crippen molar-refractivity contribution in [2.75, 3.05) is 0 Å². The zero-order valence-electron chi connectivity index (χ0n) is 27.0. The summed E-state index contributed by atoms with van der Waals surface area (Å²) >= 11 is 0. The third kappa shape index (κ3) is 3.79. The predicted octanol–water partition coefficient (Wildman–Crippen LogP) is 8.45. The topological polar surface area (TPSA) is 54.4 Å². The van der Waals surface area contributed by atoms with Crippen molar-refractivity contribution in [3.8, 4) is 0 Å². The van der Waals surface area contributed by atoms with E-state index in [0.717, 1.165) is 48.8 Å². The van der Waals surface area contributed by atoms with Crippen molar-refractivity contribution in [1.82, 2.24) is 0 Å². The number of ketones is 2. The molecular weight excluding hydrogens is 504 g/mol. The van der Waals surface area contributed by atoms with Gasteiger partial charge in [-0.05, 0) is 126 Å². The number of Topliss-reactive ketones (excluding diaryl/α,β-unsaturated/α-hetero) is 2. The van der Waals surface area contributed by atoms with Crippen LogP contribution < -0.4 is 0 Å². The average molecular weight is 559 g/mol. The second-order valence-electron chi connectivity index (χ2n) is 16.7. The maximum atomic E-state index is 14.5. The summed E-state index contributed by atoms with van der Waals surface area (Å²) in [5.74, 6) is 2.10. The van der Waals surface area contributed by atoms with Crippen LogP contribution in [-0.2, 0) is 16.0 Å². The number of aliphatic hydroxyl groups is 1. The molecule has 0 heterocycles. The third-order valence-corrected chi connectivity index (χ3v) is 14.6. The first kappa shape index (κ1) is 29.3. The van der Waals surface area contributed by atoms with Crippen LogP contribution in [0.1, 0.15) is 117 Å². The molecule has 0 aromatic heterocycles. The van der Waals surface area contributed by atoms with Gasteiger partial charge in [0.1, 0.15) is 5.78 Å². The molecule has 5 aliphatic rings. The molecule has 0 saturated heterocycles. The Morgan fingerprint density at radius 2 is 1.61 bits per heavy atom. The summed E-state index contributed by atoms with van der Waals surface area (Å²) < 4.78 is 0. The van der Waals surface area contributed by atoms with Crippen molar-refractivity contribution in [3.63, 3.8) is 0 Å². The zero-order valence-corrected chi connectivity index (χ0v) is 27.0. The van der Waals surface area contributed by atoms with Gasteiger partial charge in [-0.3, -0.25) is 9.59 Å². The number of hydrogen-bond acceptors (Lipinski definition) is 3. The lowest BCUT2D eigenvalue weighted by atomic mass is 9.33. The maximum Gasteiger partial charge on any atom is 0.160 e. The number of carbonyl (C=O) groups is 2. The SMILES string of the molecule is Cc1ccccc1CC(=O)[C@@]12CC[C@]3(C)[C@H](CC[C@@H]4[C@@]5(C)CC[C@H](O)C(C)(C)[C@@H]5CC[C@]43C)C1=C(C(C)C)C(=O)C2. The van der Waals surface area contributed by atoms with Crippen LogP contribution in [0.15, 0.2) is 35.4 Å². The van der Waals surface area contributed by atoms with Gasteiger partial charge in [0.2, 0.25) is 0 Å². The van der Waals surface area contributed by atoms with Crippen molar-refractivity contribution in [1.29, 1.82) is 0 Å². The minimum Gasteiger partial charge on any atom is -0.393 e. The normalized spacial score (nSPS) is 43.3. The first-order chi connectivity index (χ1) is 19.1. The molecule has 41 heavy (non-hydrogen) atoms. The second-order valence-corrected chi connectivity index (χ2v) is 16.7. The fourth-order valence-electron chi connectivity index (χ4n) is 12.1. The average Bonchev–Trinajstić information content (AvgIpc) is 3.21. The van der Waals surface area contributed by atoms with E-state index in [1.807, 2.05) is 12.1 Å². The van der Waals surface area contributed by atoms with Gasteiger partial charge in [-0.25, -0.2) is 0 Å². The highest BCUT2D eigenvalue weighted by molar-refractivity contribution is 6.07. The van der Waals surface area contributed by atoms with Crippen LogP contribution in [0.2, 0.25) is 0 Å². The van der Waals surface area contributed by atoms with Gasteiger partial charge < -0.3 is 5.11 Å². The molecule has 1 N–H and O–H groups in total. The molecule has 4 fully saturated rings. The molecule has 5 aliphatic carbocycles. The Hall–Kier alpha value is -1.74. The number of allylic oxidation sites excluding steroid dienone is 2. The Morgan fingerprint density at radius 1 is 0.902 bits per heavy atom. The Balaban J connectivity index is 1.43. The Labute approximate surface area is 249 Å². The van der Waals surface area contributed by atoms with Crippen LogP contribution >= 0.6 is 0 Å². The summed E-state index contributed by atoms with van der Waals surface area (Å²) in [5.41, 5.74) is 4.32. The molecule has 8 atom stereocenters. The highest BCUT2D eigenvalue weighted by Crippen LogP contribution is 2.76. The summed E-state index contributed by atoms with van der Waals surface area (Å²) in [6, 6.07) is 8.26. The molecule has 0 amide bonds. The van der Waals surface area contributed by atoms with Crippen LogP contribution in [0.5, 0.6) is 0 Å². The van der Waals surface area contributed by atoms with Gasteiger partial charge in [0.25, 0.3) is 0 Å². The van der Waals surface area contributed by atoms with Gasteiger partial charge in [-0.2, -0.15) is 0 Å². The van der Waals surface area contributed by atoms with E-state index in [1.165, 1.54) is 24.8 Å². The van der Waals surface area contributed by atoms with Crippen LogP contribution in [0.25, 0.3) is 0 Å². The molecular formula is C38H54O3. The molecule has 0 spiro atoms. The van der Waals surface area contributed by atoms with Gasteiger partial charge in [0.05, 0.1) is 11.5 Å². The van der Waals surface area contributed by atoms with Gasteiger partial charge in [0, 0.05) is 12.8 Å². The van der Waals surface area contributed by atoms with Crippen LogP contribution in [0, 0.1) is 57.7 Å². The van der Waals surface area contributed by atoms with E-state index < -0.39 is 5.41 Å². The molecule has 1 aromatic carbocycles. The summed E-state index contributed by atoms with van der Waals surface area (Å²) in [4.78, 5) is 28.4. The first-order valence-electron chi connectivity index (χ1n) is 16.7. The van der Waals surface area contributed by atoms with Gasteiger partial charge in [0.15, 0.2) is 5.78 Å². The smallest absolute Gasteiger partial charge is 0.160 e. The molecule has 0 radical (unpaired) electrons. The lowest BCUT2D eigenvalue weighted by Gasteiger charge is -2.72. The quantitative estimate of drug-likeness (QED) is 0.403. The number of aryl methyl sites for hydroxylation is 1. The van der Waals surface area contributed by atoms with Crippen molar-refractivity contribution in [3.05, 3.63) is 46.5 Å². The molecule has 0 unspecified atom stereocenters. The van der Waals surface area contributed by atoms with E-state index in [1.54, 1.807) is 0 Å². The molecule has 6 rings (SSSR count). The molecule has 0 bridgehead atoms. The molecule has 1 aromatic rings. The Bertz CT molecular complexity index is 1300. The fourth-order valence-corrected chi connectivity index (χ4v) is 12.1. The summed E-state index contributed by atoms with van der Waals surface area (Å²) in [6.45, 7) is 18.8. The summed E-state index contributed by atoms with van der Waals surface area (Å²) in [7, 11) is 0. The Kier molecular flexibility index (Phi) is 6.71. The van der Waals surface area contributed by atoms with E-state index in [2.05, 4.69) is 67.5 Å². The van der Waals surface area contributed by atoms with Gasteiger partial charge >= 0.3 is 0 Å². The van der Waals surface area contributed by atoms with Crippen molar-refractivity contribution in [2.45, 2.75) is 126 Å². The monoisotopic (exact) mass is 558 g/mol. The number of aliphatic hydroxyl groups excluding tert-OH is 1. The minimum absolute atomic E-state index is 0.0546. The summed E-state index contributed by atoms with van der Waals surface area (Å²) in [6.07, 6.45) is 9.06. The van der Waals surface area contributed by atoms with Crippen LogP contribution in [0.3, 0.4) is 0 Å². The summed E-state index contributed by atoms with van der Waals surface area (Å²) in [5, 5.41) is 11.0. The highest BCUT2D eigenvalue weighted by Gasteiger charge is 2.70. The van der Waals surface area contributed by atoms with Crippen LogP contribution in [-0.4, -0.2) is 22.8 Å². The number of fused-ring (bicyclic) bond motifs is 7. The number of carbonyl (C=O) groups excluding carboxylic acids is 2. The lowest BCUT2D eigenvalue weighted by molar-refractivity contribution is -0.228. The van der Waals surface area contributed by atoms with Gasteiger partial charge in [-0.15, -0.1) is 0 Å². The van der Waals surface area contributed by atoms with Crippen LogP contribution in [0.4, 0.5) is 0 Å². The molecule has 0 aliphatic heterocycles. The maximum absolute atomic E-state index is 14.5. The second kappa shape index (κ2) is 9.38. The predicted molar refractivity (Wildman–Crippen MR) is 165 cm³/mol. The molecule has 224 valence electrons. The fraction of sp³-hybridized carbons (Fsp3) is 0.737. The van der Waals surface area contributed by atoms with E-state index >= 15 is 0 Å². The largest absolute Gasteiger partial charge is 0.393 e. The lowest BCUT2D eigenvalue weighted by Crippen LogP contribution is -2.65. The Morgan fingerprint density at radius 3 is 2.29 bits per heavy atom. The van der Waals surface area contributed by atoms with Crippen molar-refractivity contribution in [2.24, 2.45) is 50.7 Å². The van der Waals surface area contributed by atoms with Crippen molar-refractivity contribution >= 4 is 11.6 Å². The third-order valence-electron chi connectivity index (χ3n) is 14.6. The standard InChI is InChI=1S/C38H54O3/c1-23(2)32-27(39)22-38(31(41)21-25-12-10-9-11-24(25)3)20-19-36(7)26(33(32)38)13-14-29-35(6)17-16-30(40)34(4,5)28(35)15-18-37(29,36)8/h9-12,23,26,28-30,40H,13-22H2,1-8H3/t26-,28+,29-,30+,35+,36-,37-,38+/m1/s1. The van der Waals surface area contributed by atoms with E-state index in [-0.39, 0.29) is 45.2 Å². The van der Waals surface area contributed by atoms with Gasteiger partial charge in [-0.1, -0.05) is 72.7 Å². The van der Waals surface area contributed by atoms with Crippen molar-refractivity contribution < 1.29 is 14.7 Å². The van der Waals surface area contributed by atoms with E-state index in [4.69, 9.17) is 0 Å². The molecule has 3 heteroatoms. The zero-order chi connectivity index (χ0) is 29.8. The van der Waals surface area contributed by atoms with E-state index in [9.17, 15) is 14.7 Å². The number of hydrogen-bond donors (Lipinski definition) is 1.